The van der Waals surface area contributed by atoms with Gasteiger partial charge in [-0.15, -0.1) is 11.3 Å². The molecule has 0 aliphatic carbocycles. The fraction of sp³-hybridized carbons (Fsp3) is 0.375. The number of nitrogens with zero attached hydrogens (tertiary/aromatic N) is 1. The van der Waals surface area contributed by atoms with Gasteiger partial charge in [-0.2, -0.15) is 13.2 Å². The van der Waals surface area contributed by atoms with Crippen molar-refractivity contribution in [2.75, 3.05) is 26.2 Å². The van der Waals surface area contributed by atoms with E-state index in [-0.39, 0.29) is 5.56 Å². The van der Waals surface area contributed by atoms with Gasteiger partial charge in [0.1, 0.15) is 5.82 Å². The second-order valence-electron chi connectivity index (χ2n) is 5.56. The van der Waals surface area contributed by atoms with Gasteiger partial charge in [0.05, 0.1) is 15.9 Å². The van der Waals surface area contributed by atoms with Crippen LogP contribution in [-0.2, 0) is 6.18 Å². The van der Waals surface area contributed by atoms with Crippen LogP contribution in [0.2, 0.25) is 4.34 Å². The summed E-state index contributed by atoms with van der Waals surface area (Å²) in [5.41, 5.74) is -0.740. The molecule has 2 nitrogen and oxygen atoms in total. The molecule has 1 aromatic heterocycles. The van der Waals surface area contributed by atoms with Gasteiger partial charge in [-0.3, -0.25) is 4.90 Å². The lowest BCUT2D eigenvalue weighted by Gasteiger charge is -2.35. The smallest absolute Gasteiger partial charge is 0.314 e. The van der Waals surface area contributed by atoms with Crippen LogP contribution in [0.25, 0.3) is 0 Å². The number of rotatable bonds is 3. The number of hydrogen-bond donors (Lipinski definition) is 1. The van der Waals surface area contributed by atoms with Gasteiger partial charge in [0.2, 0.25) is 0 Å². The number of hydrogen-bond acceptors (Lipinski definition) is 3. The molecule has 1 fully saturated rings. The van der Waals surface area contributed by atoms with E-state index in [1.807, 2.05) is 0 Å². The molecule has 1 N–H and O–H groups in total. The maximum absolute atomic E-state index is 14.5. The molecular weight excluding hydrogens is 364 g/mol. The standard InChI is InChI=1S/C16H15ClF4N2S/c17-14-4-3-13(24-14)15(23-7-5-22-6-8-23)11-2-1-10(9-12(11)18)16(19,20)21/h1-4,9,15,22H,5-8H2/t15-/m1/s1. The van der Waals surface area contributed by atoms with E-state index >= 15 is 0 Å². The number of nitrogens with one attached hydrogen (secondary N) is 1. The lowest BCUT2D eigenvalue weighted by atomic mass is 10.00. The SMILES string of the molecule is Fc1cc(C(F)(F)F)ccc1[C@H](c1ccc(Cl)s1)N1CCNCC1. The molecule has 1 aromatic carbocycles. The van der Waals surface area contributed by atoms with Gasteiger partial charge in [0.25, 0.3) is 0 Å². The molecule has 1 aliphatic rings. The Morgan fingerprint density at radius 3 is 2.38 bits per heavy atom. The van der Waals surface area contributed by atoms with Crippen molar-refractivity contribution < 1.29 is 17.6 Å². The summed E-state index contributed by atoms with van der Waals surface area (Å²) in [7, 11) is 0. The van der Waals surface area contributed by atoms with Gasteiger partial charge in [-0.1, -0.05) is 17.7 Å². The molecule has 0 saturated carbocycles. The highest BCUT2D eigenvalue weighted by Gasteiger charge is 2.33. The molecule has 130 valence electrons. The molecule has 0 bridgehead atoms. The molecule has 0 spiro atoms. The monoisotopic (exact) mass is 378 g/mol. The highest BCUT2D eigenvalue weighted by Crippen LogP contribution is 2.38. The quantitative estimate of drug-likeness (QED) is 0.788. The molecule has 2 heterocycles. The van der Waals surface area contributed by atoms with Crippen LogP contribution in [0.4, 0.5) is 17.6 Å². The van der Waals surface area contributed by atoms with E-state index in [1.165, 1.54) is 17.4 Å². The summed E-state index contributed by atoms with van der Waals surface area (Å²) in [4.78, 5) is 2.88. The van der Waals surface area contributed by atoms with E-state index in [0.29, 0.717) is 23.5 Å². The highest BCUT2D eigenvalue weighted by atomic mass is 35.5. The molecular formula is C16H15ClF4N2S. The predicted octanol–water partition coefficient (Wildman–Crippen LogP) is 4.55. The summed E-state index contributed by atoms with van der Waals surface area (Å²) >= 11 is 7.32. The fourth-order valence-corrected chi connectivity index (χ4v) is 4.09. The van der Waals surface area contributed by atoms with E-state index in [1.54, 1.807) is 12.1 Å². The lowest BCUT2D eigenvalue weighted by molar-refractivity contribution is -0.137. The number of thiophene rings is 1. The lowest BCUT2D eigenvalue weighted by Crippen LogP contribution is -2.45. The molecule has 0 unspecified atom stereocenters. The Kier molecular flexibility index (Phi) is 5.15. The molecule has 1 atom stereocenters. The third-order valence-electron chi connectivity index (χ3n) is 4.00. The molecule has 0 radical (unpaired) electrons. The molecule has 1 aliphatic heterocycles. The van der Waals surface area contributed by atoms with Gasteiger partial charge >= 0.3 is 6.18 Å². The van der Waals surface area contributed by atoms with Crippen LogP contribution in [0.5, 0.6) is 0 Å². The minimum absolute atomic E-state index is 0.239. The van der Waals surface area contributed by atoms with Gasteiger partial charge in [0.15, 0.2) is 0 Å². The Morgan fingerprint density at radius 2 is 1.83 bits per heavy atom. The summed E-state index contributed by atoms with van der Waals surface area (Å²) in [6.07, 6.45) is -4.56. The van der Waals surface area contributed by atoms with Crippen molar-refractivity contribution in [3.63, 3.8) is 0 Å². The number of benzene rings is 1. The topological polar surface area (TPSA) is 15.3 Å². The van der Waals surface area contributed by atoms with Crippen molar-refractivity contribution in [3.05, 3.63) is 56.5 Å². The molecule has 24 heavy (non-hydrogen) atoms. The molecule has 0 amide bonds. The van der Waals surface area contributed by atoms with E-state index in [9.17, 15) is 17.6 Å². The van der Waals surface area contributed by atoms with Crippen LogP contribution in [0.15, 0.2) is 30.3 Å². The van der Waals surface area contributed by atoms with E-state index in [2.05, 4.69) is 10.2 Å². The Morgan fingerprint density at radius 1 is 1.12 bits per heavy atom. The average molecular weight is 379 g/mol. The third-order valence-corrected chi connectivity index (χ3v) is 5.29. The summed E-state index contributed by atoms with van der Waals surface area (Å²) in [5.74, 6) is -0.849. The molecule has 1 saturated heterocycles. The largest absolute Gasteiger partial charge is 0.416 e. The molecule has 3 rings (SSSR count). The van der Waals surface area contributed by atoms with Gasteiger partial charge in [-0.05, 0) is 24.3 Å². The zero-order valence-electron chi connectivity index (χ0n) is 12.5. The Hall–Kier alpha value is -1.15. The maximum Gasteiger partial charge on any atom is 0.416 e. The minimum Gasteiger partial charge on any atom is -0.314 e. The van der Waals surface area contributed by atoms with Gasteiger partial charge in [-0.25, -0.2) is 4.39 Å². The van der Waals surface area contributed by atoms with Crippen molar-refractivity contribution in [3.8, 4) is 0 Å². The Balaban J connectivity index is 2.02. The predicted molar refractivity (Wildman–Crippen MR) is 87.0 cm³/mol. The van der Waals surface area contributed by atoms with E-state index in [0.717, 1.165) is 24.0 Å². The maximum atomic E-state index is 14.5. The van der Waals surface area contributed by atoms with Crippen LogP contribution in [0.1, 0.15) is 22.0 Å². The normalized spacial score (nSPS) is 17.9. The first-order valence-corrected chi connectivity index (χ1v) is 8.62. The first-order valence-electron chi connectivity index (χ1n) is 7.43. The third kappa shape index (κ3) is 3.74. The van der Waals surface area contributed by atoms with Crippen LogP contribution < -0.4 is 5.32 Å². The first-order chi connectivity index (χ1) is 11.4. The second kappa shape index (κ2) is 7.00. The van der Waals surface area contributed by atoms with Crippen LogP contribution in [0, 0.1) is 5.82 Å². The number of halogens is 5. The fourth-order valence-electron chi connectivity index (χ4n) is 2.87. The Bertz CT molecular complexity index is 710. The zero-order chi connectivity index (χ0) is 17.3. The second-order valence-corrected chi connectivity index (χ2v) is 7.31. The van der Waals surface area contributed by atoms with Crippen molar-refractivity contribution in [1.29, 1.82) is 0 Å². The van der Waals surface area contributed by atoms with Crippen molar-refractivity contribution >= 4 is 22.9 Å². The van der Waals surface area contributed by atoms with Crippen LogP contribution >= 0.6 is 22.9 Å². The molecule has 2 aromatic rings. The van der Waals surface area contributed by atoms with Crippen LogP contribution in [-0.4, -0.2) is 31.1 Å². The summed E-state index contributed by atoms with van der Waals surface area (Å²) in [5, 5.41) is 3.21. The van der Waals surface area contributed by atoms with E-state index in [4.69, 9.17) is 11.6 Å². The Labute approximate surface area is 146 Å². The number of alkyl halides is 3. The number of piperazine rings is 1. The van der Waals surface area contributed by atoms with Crippen molar-refractivity contribution in [2.45, 2.75) is 12.2 Å². The van der Waals surface area contributed by atoms with E-state index < -0.39 is 23.6 Å². The highest BCUT2D eigenvalue weighted by molar-refractivity contribution is 7.16. The van der Waals surface area contributed by atoms with Gasteiger partial charge < -0.3 is 5.32 Å². The van der Waals surface area contributed by atoms with Crippen molar-refractivity contribution in [2.24, 2.45) is 0 Å². The van der Waals surface area contributed by atoms with Crippen molar-refractivity contribution in [1.82, 2.24) is 10.2 Å². The first kappa shape index (κ1) is 17.7. The van der Waals surface area contributed by atoms with Gasteiger partial charge in [0, 0.05) is 36.6 Å². The minimum atomic E-state index is -4.56. The average Bonchev–Trinajstić information content (AvgIpc) is 2.95. The summed E-state index contributed by atoms with van der Waals surface area (Å²) in [6.45, 7) is 2.86. The van der Waals surface area contributed by atoms with Crippen LogP contribution in [0.3, 0.4) is 0 Å². The zero-order valence-corrected chi connectivity index (χ0v) is 14.1. The summed E-state index contributed by atoms with van der Waals surface area (Å²) in [6, 6.07) is 5.82. The molecule has 8 heteroatoms. The summed E-state index contributed by atoms with van der Waals surface area (Å²) < 4.78 is 53.4.